The fourth-order valence-electron chi connectivity index (χ4n) is 1.66. The first kappa shape index (κ1) is 13.2. The lowest BCUT2D eigenvalue weighted by Gasteiger charge is -2.05. The Morgan fingerprint density at radius 2 is 1.94 bits per heavy atom. The van der Waals surface area contributed by atoms with Gasteiger partial charge in [-0.05, 0) is 31.2 Å². The van der Waals surface area contributed by atoms with Crippen molar-refractivity contribution < 1.29 is 0 Å². The van der Waals surface area contributed by atoms with Crippen molar-refractivity contribution in [1.29, 1.82) is 0 Å². The van der Waals surface area contributed by atoms with E-state index in [1.165, 1.54) is 5.56 Å². The van der Waals surface area contributed by atoms with Crippen LogP contribution in [-0.2, 0) is 6.54 Å². The van der Waals surface area contributed by atoms with Gasteiger partial charge < -0.3 is 5.32 Å². The molecule has 2 rings (SSSR count). The summed E-state index contributed by atoms with van der Waals surface area (Å²) >= 11 is 3.55. The predicted octanol–water partition coefficient (Wildman–Crippen LogP) is 3.32. The van der Waals surface area contributed by atoms with Gasteiger partial charge in [0.15, 0.2) is 5.82 Å². The standard InChI is InChI=1S/C14H16BrN3/c1-3-16-7-11-8-17-14(18-9-11)12-5-4-10(2)6-13(12)15/h4-6,8-9,16H,3,7H2,1-2H3. The van der Waals surface area contributed by atoms with E-state index in [-0.39, 0.29) is 0 Å². The number of hydrogen-bond donors (Lipinski definition) is 1. The zero-order valence-corrected chi connectivity index (χ0v) is 12.2. The molecule has 0 saturated heterocycles. The topological polar surface area (TPSA) is 37.8 Å². The summed E-state index contributed by atoms with van der Waals surface area (Å²) < 4.78 is 1.03. The van der Waals surface area contributed by atoms with Gasteiger partial charge in [0.2, 0.25) is 0 Å². The van der Waals surface area contributed by atoms with Crippen LogP contribution in [0.25, 0.3) is 11.4 Å². The molecule has 0 saturated carbocycles. The van der Waals surface area contributed by atoms with Crippen molar-refractivity contribution in [2.45, 2.75) is 20.4 Å². The van der Waals surface area contributed by atoms with E-state index in [1.807, 2.05) is 18.5 Å². The van der Waals surface area contributed by atoms with Gasteiger partial charge in [0.25, 0.3) is 0 Å². The Morgan fingerprint density at radius 1 is 1.22 bits per heavy atom. The molecule has 0 fully saturated rings. The molecule has 2 aromatic rings. The highest BCUT2D eigenvalue weighted by molar-refractivity contribution is 9.10. The normalized spacial score (nSPS) is 10.6. The van der Waals surface area contributed by atoms with Crippen LogP contribution in [0.5, 0.6) is 0 Å². The fraction of sp³-hybridized carbons (Fsp3) is 0.286. The average Bonchev–Trinajstić information content (AvgIpc) is 2.37. The van der Waals surface area contributed by atoms with Crippen molar-refractivity contribution in [3.63, 3.8) is 0 Å². The summed E-state index contributed by atoms with van der Waals surface area (Å²) in [6.45, 7) is 5.91. The molecule has 0 atom stereocenters. The zero-order chi connectivity index (χ0) is 13.0. The molecule has 3 nitrogen and oxygen atoms in total. The first-order chi connectivity index (χ1) is 8.70. The Morgan fingerprint density at radius 3 is 2.56 bits per heavy atom. The molecule has 0 unspecified atom stereocenters. The largest absolute Gasteiger partial charge is 0.313 e. The van der Waals surface area contributed by atoms with Crippen molar-refractivity contribution in [3.8, 4) is 11.4 Å². The van der Waals surface area contributed by atoms with Gasteiger partial charge in [-0.2, -0.15) is 0 Å². The second kappa shape index (κ2) is 6.07. The van der Waals surface area contributed by atoms with Crippen LogP contribution < -0.4 is 5.32 Å². The summed E-state index contributed by atoms with van der Waals surface area (Å²) in [5.41, 5.74) is 3.34. The second-order valence-electron chi connectivity index (χ2n) is 4.18. The van der Waals surface area contributed by atoms with Gasteiger partial charge in [-0.25, -0.2) is 9.97 Å². The van der Waals surface area contributed by atoms with Crippen LogP contribution in [0, 0.1) is 6.92 Å². The first-order valence-corrected chi connectivity index (χ1v) is 6.78. The van der Waals surface area contributed by atoms with Crippen LogP contribution in [0.15, 0.2) is 35.1 Å². The summed E-state index contributed by atoms with van der Waals surface area (Å²) in [4.78, 5) is 8.82. The maximum Gasteiger partial charge on any atom is 0.160 e. The SMILES string of the molecule is CCNCc1cnc(-c2ccc(C)cc2Br)nc1. The molecular formula is C14H16BrN3. The van der Waals surface area contributed by atoms with Crippen LogP contribution in [0.1, 0.15) is 18.1 Å². The summed E-state index contributed by atoms with van der Waals surface area (Å²) in [5, 5.41) is 3.25. The number of halogens is 1. The highest BCUT2D eigenvalue weighted by Crippen LogP contribution is 2.26. The number of rotatable bonds is 4. The van der Waals surface area contributed by atoms with E-state index in [9.17, 15) is 0 Å². The molecule has 0 aliphatic heterocycles. The molecule has 0 spiro atoms. The van der Waals surface area contributed by atoms with Crippen LogP contribution in [0.2, 0.25) is 0 Å². The summed E-state index contributed by atoms with van der Waals surface area (Å²) in [5.74, 6) is 0.752. The van der Waals surface area contributed by atoms with Gasteiger partial charge in [0, 0.05) is 34.5 Å². The third-order valence-corrected chi connectivity index (χ3v) is 3.31. The lowest BCUT2D eigenvalue weighted by atomic mass is 10.1. The maximum absolute atomic E-state index is 4.41. The molecule has 94 valence electrons. The summed E-state index contributed by atoms with van der Waals surface area (Å²) in [7, 11) is 0. The highest BCUT2D eigenvalue weighted by Gasteiger charge is 2.06. The Bertz CT molecular complexity index is 523. The van der Waals surface area contributed by atoms with Crippen LogP contribution >= 0.6 is 15.9 Å². The van der Waals surface area contributed by atoms with Gasteiger partial charge in [-0.1, -0.05) is 28.9 Å². The Kier molecular flexibility index (Phi) is 4.44. The third kappa shape index (κ3) is 3.15. The van der Waals surface area contributed by atoms with E-state index in [0.29, 0.717) is 0 Å². The van der Waals surface area contributed by atoms with Crippen molar-refractivity contribution in [2.24, 2.45) is 0 Å². The molecule has 0 radical (unpaired) electrons. The van der Waals surface area contributed by atoms with E-state index in [1.54, 1.807) is 0 Å². The summed E-state index contributed by atoms with van der Waals surface area (Å²) in [6.07, 6.45) is 3.74. The van der Waals surface area contributed by atoms with Crippen molar-refractivity contribution >= 4 is 15.9 Å². The summed E-state index contributed by atoms with van der Waals surface area (Å²) in [6, 6.07) is 6.18. The zero-order valence-electron chi connectivity index (χ0n) is 10.6. The second-order valence-corrected chi connectivity index (χ2v) is 5.03. The molecular weight excluding hydrogens is 290 g/mol. The molecule has 4 heteroatoms. The molecule has 1 aromatic carbocycles. The number of aromatic nitrogens is 2. The van der Waals surface area contributed by atoms with Gasteiger partial charge in [0.1, 0.15) is 0 Å². The lowest BCUT2D eigenvalue weighted by molar-refractivity contribution is 0.721. The third-order valence-electron chi connectivity index (χ3n) is 2.65. The Hall–Kier alpha value is -1.26. The van der Waals surface area contributed by atoms with Crippen molar-refractivity contribution in [3.05, 3.63) is 46.2 Å². The number of nitrogens with zero attached hydrogens (tertiary/aromatic N) is 2. The fourth-order valence-corrected chi connectivity index (χ4v) is 2.33. The Balaban J connectivity index is 2.23. The number of benzene rings is 1. The molecule has 1 N–H and O–H groups in total. The molecule has 0 aliphatic rings. The lowest BCUT2D eigenvalue weighted by Crippen LogP contribution is -2.12. The highest BCUT2D eigenvalue weighted by atomic mass is 79.9. The van der Waals surface area contributed by atoms with Gasteiger partial charge >= 0.3 is 0 Å². The molecule has 0 amide bonds. The van der Waals surface area contributed by atoms with Crippen LogP contribution in [0.4, 0.5) is 0 Å². The van der Waals surface area contributed by atoms with E-state index in [2.05, 4.69) is 57.2 Å². The average molecular weight is 306 g/mol. The first-order valence-electron chi connectivity index (χ1n) is 5.99. The Labute approximate surface area is 116 Å². The van der Waals surface area contributed by atoms with E-state index in [4.69, 9.17) is 0 Å². The molecule has 0 bridgehead atoms. The van der Waals surface area contributed by atoms with Gasteiger partial charge in [0.05, 0.1) is 0 Å². The minimum atomic E-state index is 0.752. The number of nitrogens with one attached hydrogen (secondary N) is 1. The van der Waals surface area contributed by atoms with E-state index >= 15 is 0 Å². The number of aryl methyl sites for hydroxylation is 1. The molecule has 1 heterocycles. The molecule has 18 heavy (non-hydrogen) atoms. The van der Waals surface area contributed by atoms with E-state index < -0.39 is 0 Å². The van der Waals surface area contributed by atoms with Crippen molar-refractivity contribution in [1.82, 2.24) is 15.3 Å². The quantitative estimate of drug-likeness (QED) is 0.941. The van der Waals surface area contributed by atoms with Crippen LogP contribution in [-0.4, -0.2) is 16.5 Å². The van der Waals surface area contributed by atoms with Gasteiger partial charge in [-0.15, -0.1) is 0 Å². The molecule has 1 aromatic heterocycles. The minimum absolute atomic E-state index is 0.752. The van der Waals surface area contributed by atoms with Crippen molar-refractivity contribution in [2.75, 3.05) is 6.54 Å². The van der Waals surface area contributed by atoms with Crippen LogP contribution in [0.3, 0.4) is 0 Å². The molecule has 0 aliphatic carbocycles. The number of hydrogen-bond acceptors (Lipinski definition) is 3. The smallest absolute Gasteiger partial charge is 0.160 e. The maximum atomic E-state index is 4.41. The predicted molar refractivity (Wildman–Crippen MR) is 77.3 cm³/mol. The van der Waals surface area contributed by atoms with Gasteiger partial charge in [-0.3, -0.25) is 0 Å². The van der Waals surface area contributed by atoms with E-state index in [0.717, 1.165) is 34.5 Å². The minimum Gasteiger partial charge on any atom is -0.313 e. The monoisotopic (exact) mass is 305 g/mol.